The van der Waals surface area contributed by atoms with E-state index in [0.29, 0.717) is 6.42 Å². The molecule has 0 atom stereocenters. The van der Waals surface area contributed by atoms with Crippen molar-refractivity contribution in [3.8, 4) is 0 Å². The summed E-state index contributed by atoms with van der Waals surface area (Å²) in [5, 5.41) is 6.33. The maximum atomic E-state index is 11.6. The fraction of sp³-hybridized carbons (Fsp3) is 0.812. The van der Waals surface area contributed by atoms with Crippen molar-refractivity contribution < 1.29 is 4.79 Å². The molecule has 0 bridgehead atoms. The van der Waals surface area contributed by atoms with E-state index in [0.717, 1.165) is 32.0 Å². The van der Waals surface area contributed by atoms with Gasteiger partial charge in [0.15, 0.2) is 0 Å². The van der Waals surface area contributed by atoms with Crippen molar-refractivity contribution in [2.75, 3.05) is 19.6 Å². The van der Waals surface area contributed by atoms with Crippen LogP contribution in [0.4, 0.5) is 0 Å². The molecule has 110 valence electrons. The number of hydrogen-bond acceptors (Lipinski definition) is 2. The van der Waals surface area contributed by atoms with Crippen LogP contribution in [0, 0.1) is 5.92 Å². The molecule has 3 heteroatoms. The van der Waals surface area contributed by atoms with E-state index in [4.69, 9.17) is 0 Å². The number of rotatable bonds is 9. The molecule has 0 fully saturated rings. The van der Waals surface area contributed by atoms with Gasteiger partial charge in [-0.2, -0.15) is 0 Å². The van der Waals surface area contributed by atoms with Gasteiger partial charge < -0.3 is 10.6 Å². The minimum absolute atomic E-state index is 0.174. The van der Waals surface area contributed by atoms with Crippen LogP contribution >= 0.6 is 0 Å². The molecule has 0 saturated carbocycles. The van der Waals surface area contributed by atoms with Gasteiger partial charge in [-0.25, -0.2) is 0 Å². The second-order valence-electron chi connectivity index (χ2n) is 5.89. The first-order valence-corrected chi connectivity index (χ1v) is 7.84. The topological polar surface area (TPSA) is 41.1 Å². The lowest BCUT2D eigenvalue weighted by atomic mass is 9.97. The van der Waals surface area contributed by atoms with Gasteiger partial charge in [-0.15, -0.1) is 0 Å². The molecule has 0 saturated heterocycles. The molecule has 19 heavy (non-hydrogen) atoms. The third-order valence-electron chi connectivity index (χ3n) is 3.58. The van der Waals surface area contributed by atoms with Gasteiger partial charge in [0.1, 0.15) is 0 Å². The van der Waals surface area contributed by atoms with Crippen LogP contribution in [0.5, 0.6) is 0 Å². The van der Waals surface area contributed by atoms with Crippen LogP contribution in [0.3, 0.4) is 0 Å². The second kappa shape index (κ2) is 10.0. The highest BCUT2D eigenvalue weighted by atomic mass is 16.1. The average molecular weight is 266 g/mol. The molecule has 0 aromatic rings. The lowest BCUT2D eigenvalue weighted by molar-refractivity contribution is -0.120. The summed E-state index contributed by atoms with van der Waals surface area (Å²) in [7, 11) is 0. The van der Waals surface area contributed by atoms with Crippen molar-refractivity contribution in [1.82, 2.24) is 10.6 Å². The molecule has 0 aromatic heterocycles. The second-order valence-corrected chi connectivity index (χ2v) is 5.89. The SMILES string of the molecule is CC(C)CCNCCC(=O)NCCC1=CCCCC1. The summed E-state index contributed by atoms with van der Waals surface area (Å²) in [6, 6.07) is 0. The third-order valence-corrected chi connectivity index (χ3v) is 3.58. The summed E-state index contributed by atoms with van der Waals surface area (Å²) in [5.74, 6) is 0.901. The molecular formula is C16H30N2O. The van der Waals surface area contributed by atoms with Gasteiger partial charge in [-0.3, -0.25) is 4.79 Å². The van der Waals surface area contributed by atoms with E-state index in [1.165, 1.54) is 37.7 Å². The number of carbonyl (C=O) groups excluding carboxylic acids is 1. The molecule has 0 unspecified atom stereocenters. The molecule has 0 aromatic carbocycles. The summed E-state index contributed by atoms with van der Waals surface area (Å²) < 4.78 is 0. The predicted octanol–water partition coefficient (Wildman–Crippen LogP) is 3.02. The van der Waals surface area contributed by atoms with Crippen molar-refractivity contribution in [3.63, 3.8) is 0 Å². The Morgan fingerprint density at radius 1 is 1.26 bits per heavy atom. The molecular weight excluding hydrogens is 236 g/mol. The van der Waals surface area contributed by atoms with E-state index in [2.05, 4.69) is 30.6 Å². The van der Waals surface area contributed by atoms with Crippen molar-refractivity contribution in [1.29, 1.82) is 0 Å². The van der Waals surface area contributed by atoms with Crippen molar-refractivity contribution in [2.45, 2.75) is 58.8 Å². The zero-order valence-corrected chi connectivity index (χ0v) is 12.6. The Morgan fingerprint density at radius 2 is 2.11 bits per heavy atom. The number of hydrogen-bond donors (Lipinski definition) is 2. The highest BCUT2D eigenvalue weighted by Gasteiger charge is 2.05. The maximum Gasteiger partial charge on any atom is 0.221 e. The molecule has 3 nitrogen and oxygen atoms in total. The van der Waals surface area contributed by atoms with E-state index in [1.54, 1.807) is 0 Å². The standard InChI is InChI=1S/C16H30N2O/c1-14(2)8-11-17-12-10-16(19)18-13-9-15-6-4-3-5-7-15/h6,14,17H,3-5,7-13H2,1-2H3,(H,18,19). The number of carbonyl (C=O) groups is 1. The summed E-state index contributed by atoms with van der Waals surface area (Å²) in [6.45, 7) is 7.04. The first-order chi connectivity index (χ1) is 9.18. The van der Waals surface area contributed by atoms with Crippen LogP contribution in [0.2, 0.25) is 0 Å². The third kappa shape index (κ3) is 8.82. The molecule has 2 N–H and O–H groups in total. The molecule has 1 rings (SSSR count). The highest BCUT2D eigenvalue weighted by Crippen LogP contribution is 2.19. The van der Waals surface area contributed by atoms with Gasteiger partial charge in [-0.05, 0) is 51.0 Å². The fourth-order valence-electron chi connectivity index (χ4n) is 2.30. The summed E-state index contributed by atoms with van der Waals surface area (Å²) in [6.07, 6.45) is 10.3. The number of allylic oxidation sites excluding steroid dienone is 1. The Morgan fingerprint density at radius 3 is 2.79 bits per heavy atom. The molecule has 1 aliphatic rings. The molecule has 0 spiro atoms. The zero-order chi connectivity index (χ0) is 13.9. The van der Waals surface area contributed by atoms with Gasteiger partial charge in [0.2, 0.25) is 5.91 Å². The molecule has 0 heterocycles. The van der Waals surface area contributed by atoms with Crippen LogP contribution in [0.15, 0.2) is 11.6 Å². The first-order valence-electron chi connectivity index (χ1n) is 7.84. The summed E-state index contributed by atoms with van der Waals surface area (Å²) >= 11 is 0. The molecule has 1 aliphatic carbocycles. The minimum atomic E-state index is 0.174. The Balaban J connectivity index is 1.94. The zero-order valence-electron chi connectivity index (χ0n) is 12.6. The normalized spacial score (nSPS) is 15.4. The van der Waals surface area contributed by atoms with Crippen LogP contribution in [-0.4, -0.2) is 25.5 Å². The smallest absolute Gasteiger partial charge is 0.221 e. The molecule has 0 aliphatic heterocycles. The van der Waals surface area contributed by atoms with E-state index in [1.807, 2.05) is 0 Å². The fourth-order valence-corrected chi connectivity index (χ4v) is 2.30. The lowest BCUT2D eigenvalue weighted by Gasteiger charge is -2.13. The monoisotopic (exact) mass is 266 g/mol. The Labute approximate surface area is 118 Å². The minimum Gasteiger partial charge on any atom is -0.356 e. The van der Waals surface area contributed by atoms with Gasteiger partial charge >= 0.3 is 0 Å². The van der Waals surface area contributed by atoms with E-state index >= 15 is 0 Å². The van der Waals surface area contributed by atoms with Gasteiger partial charge in [-0.1, -0.05) is 25.5 Å². The van der Waals surface area contributed by atoms with Crippen LogP contribution < -0.4 is 10.6 Å². The van der Waals surface area contributed by atoms with Gasteiger partial charge in [0.05, 0.1) is 0 Å². The average Bonchev–Trinajstić information content (AvgIpc) is 2.39. The Hall–Kier alpha value is -0.830. The predicted molar refractivity (Wildman–Crippen MR) is 81.1 cm³/mol. The first kappa shape index (κ1) is 16.2. The van der Waals surface area contributed by atoms with Crippen molar-refractivity contribution >= 4 is 5.91 Å². The largest absolute Gasteiger partial charge is 0.356 e. The molecule has 0 radical (unpaired) electrons. The lowest BCUT2D eigenvalue weighted by Crippen LogP contribution is -2.29. The van der Waals surface area contributed by atoms with Crippen LogP contribution in [0.1, 0.15) is 58.8 Å². The number of nitrogens with one attached hydrogen (secondary N) is 2. The van der Waals surface area contributed by atoms with E-state index in [9.17, 15) is 4.79 Å². The summed E-state index contributed by atoms with van der Waals surface area (Å²) in [5.41, 5.74) is 1.53. The Bertz CT molecular complexity index is 284. The van der Waals surface area contributed by atoms with Gasteiger partial charge in [0, 0.05) is 19.5 Å². The van der Waals surface area contributed by atoms with E-state index in [-0.39, 0.29) is 5.91 Å². The van der Waals surface area contributed by atoms with Crippen LogP contribution in [0.25, 0.3) is 0 Å². The molecule has 1 amide bonds. The summed E-state index contributed by atoms with van der Waals surface area (Å²) in [4.78, 5) is 11.6. The van der Waals surface area contributed by atoms with E-state index < -0.39 is 0 Å². The Kier molecular flexibility index (Phi) is 8.55. The van der Waals surface area contributed by atoms with Crippen molar-refractivity contribution in [3.05, 3.63) is 11.6 Å². The highest BCUT2D eigenvalue weighted by molar-refractivity contribution is 5.76. The van der Waals surface area contributed by atoms with Crippen molar-refractivity contribution in [2.24, 2.45) is 5.92 Å². The maximum absolute atomic E-state index is 11.6. The van der Waals surface area contributed by atoms with Crippen LogP contribution in [-0.2, 0) is 4.79 Å². The quantitative estimate of drug-likeness (QED) is 0.497. The van der Waals surface area contributed by atoms with Gasteiger partial charge in [0.25, 0.3) is 0 Å². The number of amides is 1.